The number of rotatable bonds is 3. The van der Waals surface area contributed by atoms with Crippen molar-refractivity contribution >= 4 is 22.2 Å². The predicted molar refractivity (Wildman–Crippen MR) is 81.6 cm³/mol. The number of anilines is 1. The van der Waals surface area contributed by atoms with Gasteiger partial charge in [0.2, 0.25) is 0 Å². The summed E-state index contributed by atoms with van der Waals surface area (Å²) >= 11 is 1.41. The van der Waals surface area contributed by atoms with Gasteiger partial charge in [-0.2, -0.15) is 0 Å². The lowest BCUT2D eigenvalue weighted by Gasteiger charge is -2.12. The van der Waals surface area contributed by atoms with E-state index in [0.29, 0.717) is 10.6 Å². The van der Waals surface area contributed by atoms with E-state index in [1.165, 1.54) is 16.9 Å². The zero-order chi connectivity index (χ0) is 14.0. The fraction of sp³-hybridized carbons (Fsp3) is 0.267. The summed E-state index contributed by atoms with van der Waals surface area (Å²) in [6.07, 6.45) is 1.01. The van der Waals surface area contributed by atoms with Gasteiger partial charge in [0.05, 0.1) is 10.6 Å². The zero-order valence-electron chi connectivity index (χ0n) is 11.4. The van der Waals surface area contributed by atoms with Gasteiger partial charge in [-0.25, -0.2) is 0 Å². The van der Waals surface area contributed by atoms with Crippen LogP contribution in [0.2, 0.25) is 0 Å². The molecule has 1 heterocycles. The van der Waals surface area contributed by atoms with Gasteiger partial charge in [-0.05, 0) is 17.5 Å². The predicted octanol–water partition coefficient (Wildman–Crippen LogP) is 3.26. The number of amides is 1. The molecule has 0 aliphatic rings. The Balaban J connectivity index is 2.47. The number of nitrogen functional groups attached to an aromatic ring is 1. The lowest BCUT2D eigenvalue weighted by Crippen LogP contribution is -2.22. The van der Waals surface area contributed by atoms with Gasteiger partial charge < -0.3 is 10.6 Å². The van der Waals surface area contributed by atoms with Gasteiger partial charge in [-0.1, -0.05) is 31.2 Å². The van der Waals surface area contributed by atoms with Crippen LogP contribution >= 0.6 is 11.3 Å². The van der Waals surface area contributed by atoms with Gasteiger partial charge in [-0.3, -0.25) is 4.79 Å². The summed E-state index contributed by atoms with van der Waals surface area (Å²) in [6, 6.07) is 8.28. The molecule has 4 heteroatoms. The van der Waals surface area contributed by atoms with E-state index in [2.05, 4.69) is 19.1 Å². The Morgan fingerprint density at radius 1 is 1.26 bits per heavy atom. The van der Waals surface area contributed by atoms with Crippen molar-refractivity contribution in [3.63, 3.8) is 0 Å². The van der Waals surface area contributed by atoms with Crippen molar-refractivity contribution in [1.82, 2.24) is 4.90 Å². The molecule has 0 unspecified atom stereocenters. The Morgan fingerprint density at radius 3 is 2.42 bits per heavy atom. The molecular weight excluding hydrogens is 256 g/mol. The van der Waals surface area contributed by atoms with E-state index < -0.39 is 0 Å². The van der Waals surface area contributed by atoms with E-state index in [4.69, 9.17) is 5.73 Å². The van der Waals surface area contributed by atoms with Gasteiger partial charge in [0.1, 0.15) is 0 Å². The molecule has 2 rings (SSSR count). The van der Waals surface area contributed by atoms with E-state index >= 15 is 0 Å². The molecule has 19 heavy (non-hydrogen) atoms. The first kappa shape index (κ1) is 13.6. The van der Waals surface area contributed by atoms with Crippen molar-refractivity contribution in [2.24, 2.45) is 0 Å². The third-order valence-electron chi connectivity index (χ3n) is 3.11. The molecule has 1 aromatic carbocycles. The van der Waals surface area contributed by atoms with Crippen molar-refractivity contribution in [3.05, 3.63) is 40.8 Å². The van der Waals surface area contributed by atoms with Crippen LogP contribution in [-0.4, -0.2) is 24.9 Å². The minimum absolute atomic E-state index is 0.0479. The molecule has 0 saturated carbocycles. The summed E-state index contributed by atoms with van der Waals surface area (Å²) in [6.45, 7) is 2.12. The van der Waals surface area contributed by atoms with E-state index in [1.54, 1.807) is 19.0 Å². The number of nitrogens with zero attached hydrogens (tertiary/aromatic N) is 1. The molecule has 0 fully saturated rings. The van der Waals surface area contributed by atoms with Crippen LogP contribution in [-0.2, 0) is 6.42 Å². The molecule has 0 aliphatic heterocycles. The van der Waals surface area contributed by atoms with Crippen molar-refractivity contribution in [3.8, 4) is 11.1 Å². The molecule has 1 amide bonds. The molecule has 0 atom stereocenters. The summed E-state index contributed by atoms with van der Waals surface area (Å²) in [7, 11) is 3.48. The molecule has 1 aromatic heterocycles. The van der Waals surface area contributed by atoms with Crippen molar-refractivity contribution in [1.29, 1.82) is 0 Å². The van der Waals surface area contributed by atoms with Crippen LogP contribution in [0.1, 0.15) is 22.8 Å². The summed E-state index contributed by atoms with van der Waals surface area (Å²) < 4.78 is 0. The highest BCUT2D eigenvalue weighted by Crippen LogP contribution is 2.34. The number of carbonyl (C=O) groups is 1. The van der Waals surface area contributed by atoms with Crippen LogP contribution in [0.5, 0.6) is 0 Å². The third kappa shape index (κ3) is 2.63. The van der Waals surface area contributed by atoms with Crippen LogP contribution in [0.4, 0.5) is 5.00 Å². The standard InChI is InChI=1S/C15H18N2OS/c1-4-10-5-7-11(8-6-10)12-9-19-14(16)13(12)15(18)17(2)3/h5-9H,4,16H2,1-3H3. The maximum atomic E-state index is 12.2. The van der Waals surface area contributed by atoms with Crippen LogP contribution < -0.4 is 5.73 Å². The second-order valence-electron chi connectivity index (χ2n) is 4.64. The summed E-state index contributed by atoms with van der Waals surface area (Å²) in [5.41, 5.74) is 9.80. The maximum absolute atomic E-state index is 12.2. The minimum atomic E-state index is -0.0479. The van der Waals surface area contributed by atoms with E-state index in [9.17, 15) is 4.79 Å². The van der Waals surface area contributed by atoms with Crippen LogP contribution in [0.15, 0.2) is 29.6 Å². The average molecular weight is 274 g/mol. The van der Waals surface area contributed by atoms with Gasteiger partial charge in [-0.15, -0.1) is 11.3 Å². The molecule has 2 N–H and O–H groups in total. The SMILES string of the molecule is CCc1ccc(-c2csc(N)c2C(=O)N(C)C)cc1. The Labute approximate surface area is 117 Å². The largest absolute Gasteiger partial charge is 0.390 e. The topological polar surface area (TPSA) is 46.3 Å². The van der Waals surface area contributed by atoms with Gasteiger partial charge in [0, 0.05) is 25.0 Å². The molecule has 0 spiro atoms. The fourth-order valence-electron chi connectivity index (χ4n) is 1.95. The zero-order valence-corrected chi connectivity index (χ0v) is 12.3. The number of carbonyl (C=O) groups excluding carboxylic acids is 1. The van der Waals surface area contributed by atoms with E-state index in [1.807, 2.05) is 17.5 Å². The molecule has 0 radical (unpaired) electrons. The molecule has 100 valence electrons. The molecule has 2 aromatic rings. The number of hydrogen-bond acceptors (Lipinski definition) is 3. The molecule has 0 bridgehead atoms. The molecular formula is C15H18N2OS. The van der Waals surface area contributed by atoms with Gasteiger partial charge in [0.15, 0.2) is 0 Å². The highest BCUT2D eigenvalue weighted by atomic mass is 32.1. The number of aryl methyl sites for hydroxylation is 1. The Kier molecular flexibility index (Phi) is 3.90. The van der Waals surface area contributed by atoms with Crippen LogP contribution in [0.3, 0.4) is 0 Å². The maximum Gasteiger partial charge on any atom is 0.256 e. The fourth-order valence-corrected chi connectivity index (χ4v) is 2.76. The number of benzene rings is 1. The quantitative estimate of drug-likeness (QED) is 0.933. The Morgan fingerprint density at radius 2 is 1.89 bits per heavy atom. The summed E-state index contributed by atoms with van der Waals surface area (Å²) in [5, 5.41) is 2.53. The van der Waals surface area contributed by atoms with Crippen LogP contribution in [0, 0.1) is 0 Å². The summed E-state index contributed by atoms with van der Waals surface area (Å²) in [4.78, 5) is 13.8. The van der Waals surface area contributed by atoms with Crippen molar-refractivity contribution < 1.29 is 4.79 Å². The van der Waals surface area contributed by atoms with E-state index in [0.717, 1.165) is 17.5 Å². The number of hydrogen-bond donors (Lipinski definition) is 1. The highest BCUT2D eigenvalue weighted by molar-refractivity contribution is 7.15. The molecule has 3 nitrogen and oxygen atoms in total. The average Bonchev–Trinajstić information content (AvgIpc) is 2.79. The van der Waals surface area contributed by atoms with Gasteiger partial charge in [0.25, 0.3) is 5.91 Å². The van der Waals surface area contributed by atoms with Crippen molar-refractivity contribution in [2.75, 3.05) is 19.8 Å². The first-order chi connectivity index (χ1) is 9.04. The molecule has 0 aliphatic carbocycles. The van der Waals surface area contributed by atoms with E-state index in [-0.39, 0.29) is 5.91 Å². The normalized spacial score (nSPS) is 10.5. The number of thiophene rings is 1. The highest BCUT2D eigenvalue weighted by Gasteiger charge is 2.19. The first-order valence-electron chi connectivity index (χ1n) is 6.22. The molecule has 0 saturated heterocycles. The second kappa shape index (κ2) is 5.45. The number of nitrogens with two attached hydrogens (primary N) is 1. The monoisotopic (exact) mass is 274 g/mol. The van der Waals surface area contributed by atoms with Gasteiger partial charge >= 0.3 is 0 Å². The lowest BCUT2D eigenvalue weighted by molar-refractivity contribution is 0.0830. The lowest BCUT2D eigenvalue weighted by atomic mass is 10.0. The summed E-state index contributed by atoms with van der Waals surface area (Å²) in [5.74, 6) is -0.0479. The minimum Gasteiger partial charge on any atom is -0.390 e. The van der Waals surface area contributed by atoms with Crippen molar-refractivity contribution in [2.45, 2.75) is 13.3 Å². The third-order valence-corrected chi connectivity index (χ3v) is 3.92. The first-order valence-corrected chi connectivity index (χ1v) is 7.10. The van der Waals surface area contributed by atoms with Crippen LogP contribution in [0.25, 0.3) is 11.1 Å². The smallest absolute Gasteiger partial charge is 0.256 e. The Hall–Kier alpha value is -1.81. The Bertz CT molecular complexity index is 585. The second-order valence-corrected chi connectivity index (χ2v) is 5.55.